The van der Waals surface area contributed by atoms with Gasteiger partial charge in [0, 0.05) is 44.7 Å². The molecule has 0 spiro atoms. The summed E-state index contributed by atoms with van der Waals surface area (Å²) >= 11 is 0. The van der Waals surface area contributed by atoms with Crippen LogP contribution >= 0.6 is 0 Å². The van der Waals surface area contributed by atoms with Crippen LogP contribution in [0.1, 0.15) is 50.3 Å². The number of likely N-dealkylation sites (tertiary alicyclic amines) is 1. The molecule has 2 fully saturated rings. The van der Waals surface area contributed by atoms with E-state index in [1.54, 1.807) is 4.68 Å². The van der Waals surface area contributed by atoms with Crippen molar-refractivity contribution >= 4 is 5.91 Å². The van der Waals surface area contributed by atoms with Crippen LogP contribution in [0.15, 0.2) is 6.07 Å². The first-order valence-electron chi connectivity index (χ1n) is 9.47. The van der Waals surface area contributed by atoms with Gasteiger partial charge in [-0.3, -0.25) is 14.4 Å². The van der Waals surface area contributed by atoms with E-state index in [0.29, 0.717) is 17.7 Å². The van der Waals surface area contributed by atoms with Crippen LogP contribution in [0.4, 0.5) is 0 Å². The maximum atomic E-state index is 13.1. The smallest absolute Gasteiger partial charge is 0.272 e. The number of amides is 1. The first kappa shape index (κ1) is 18.4. The van der Waals surface area contributed by atoms with E-state index in [4.69, 9.17) is 4.74 Å². The molecule has 3 heterocycles. The van der Waals surface area contributed by atoms with Crippen molar-refractivity contribution in [2.75, 3.05) is 39.4 Å². The Kier molecular flexibility index (Phi) is 5.21. The molecule has 0 saturated carbocycles. The number of rotatable bonds is 3. The molecule has 2 aliphatic heterocycles. The average Bonchev–Trinajstić information content (AvgIpc) is 3.18. The van der Waals surface area contributed by atoms with Crippen LogP contribution in [0, 0.1) is 5.92 Å². The Morgan fingerprint density at radius 1 is 1.28 bits per heavy atom. The minimum atomic E-state index is -0.0520. The number of aryl methyl sites for hydroxylation is 1. The molecular weight excluding hydrogens is 316 g/mol. The Bertz CT molecular complexity index is 613. The molecular formula is C19H32N4O2. The molecule has 2 atom stereocenters. The summed E-state index contributed by atoms with van der Waals surface area (Å²) in [4.78, 5) is 17.7. The second-order valence-corrected chi connectivity index (χ2v) is 8.38. The molecule has 0 bridgehead atoms. The van der Waals surface area contributed by atoms with Gasteiger partial charge in [-0.25, -0.2) is 0 Å². The summed E-state index contributed by atoms with van der Waals surface area (Å²) in [5, 5.41) is 4.56. The number of ether oxygens (including phenoxy) is 1. The van der Waals surface area contributed by atoms with Crippen molar-refractivity contribution in [3.63, 3.8) is 0 Å². The minimum absolute atomic E-state index is 0.0520. The highest BCUT2D eigenvalue weighted by molar-refractivity contribution is 5.93. The molecule has 25 heavy (non-hydrogen) atoms. The minimum Gasteiger partial charge on any atom is -0.379 e. The second kappa shape index (κ2) is 7.08. The van der Waals surface area contributed by atoms with E-state index in [-0.39, 0.29) is 11.3 Å². The van der Waals surface area contributed by atoms with E-state index in [1.165, 1.54) is 0 Å². The lowest BCUT2D eigenvalue weighted by Crippen LogP contribution is -2.47. The molecule has 6 nitrogen and oxygen atoms in total. The third kappa shape index (κ3) is 3.75. The molecule has 0 unspecified atom stereocenters. The quantitative estimate of drug-likeness (QED) is 0.837. The van der Waals surface area contributed by atoms with Gasteiger partial charge >= 0.3 is 0 Å². The first-order valence-corrected chi connectivity index (χ1v) is 9.47. The summed E-state index contributed by atoms with van der Waals surface area (Å²) in [6.45, 7) is 13.8. The lowest BCUT2D eigenvalue weighted by molar-refractivity contribution is 0.0102. The summed E-state index contributed by atoms with van der Waals surface area (Å²) in [6, 6.07) is 2.42. The van der Waals surface area contributed by atoms with Crippen LogP contribution in [-0.4, -0.2) is 70.9 Å². The van der Waals surface area contributed by atoms with Crippen LogP contribution in [0.3, 0.4) is 0 Å². The molecule has 2 saturated heterocycles. The van der Waals surface area contributed by atoms with Crippen molar-refractivity contribution in [2.45, 2.75) is 45.6 Å². The maximum Gasteiger partial charge on any atom is 0.272 e. The lowest BCUT2D eigenvalue weighted by atomic mass is 9.92. The number of aromatic nitrogens is 2. The summed E-state index contributed by atoms with van der Waals surface area (Å²) in [5.74, 6) is 0.650. The van der Waals surface area contributed by atoms with E-state index >= 15 is 0 Å². The van der Waals surface area contributed by atoms with Crippen LogP contribution < -0.4 is 0 Å². The zero-order chi connectivity index (χ0) is 18.2. The number of carbonyl (C=O) groups excluding carboxylic acids is 1. The Morgan fingerprint density at radius 3 is 2.52 bits per heavy atom. The monoisotopic (exact) mass is 348 g/mol. The summed E-state index contributed by atoms with van der Waals surface area (Å²) in [5.41, 5.74) is 1.61. The Hall–Kier alpha value is -1.40. The topological polar surface area (TPSA) is 50.6 Å². The fourth-order valence-electron chi connectivity index (χ4n) is 3.94. The van der Waals surface area contributed by atoms with Crippen LogP contribution in [0.2, 0.25) is 0 Å². The first-order chi connectivity index (χ1) is 11.8. The van der Waals surface area contributed by atoms with Gasteiger partial charge in [0.1, 0.15) is 5.69 Å². The standard InChI is InChI=1S/C19H32N4O2/c1-6-14-12-23(13-16(14)22-7-9-25-10-8-22)18(24)15-11-17(19(2,3)4)20-21(15)5/h11,14,16H,6-10,12-13H2,1-5H3/t14-,16+/m1/s1. The zero-order valence-corrected chi connectivity index (χ0v) is 16.3. The number of carbonyl (C=O) groups is 1. The zero-order valence-electron chi connectivity index (χ0n) is 16.3. The van der Waals surface area contributed by atoms with E-state index in [9.17, 15) is 4.79 Å². The van der Waals surface area contributed by atoms with Gasteiger partial charge < -0.3 is 9.64 Å². The fraction of sp³-hybridized carbons (Fsp3) is 0.789. The fourth-order valence-corrected chi connectivity index (χ4v) is 3.94. The van der Waals surface area contributed by atoms with Crippen molar-refractivity contribution in [1.82, 2.24) is 19.6 Å². The van der Waals surface area contributed by atoms with Crippen molar-refractivity contribution in [1.29, 1.82) is 0 Å². The van der Waals surface area contributed by atoms with E-state index in [1.807, 2.05) is 18.0 Å². The van der Waals surface area contributed by atoms with Gasteiger partial charge in [0.05, 0.1) is 18.9 Å². The maximum absolute atomic E-state index is 13.1. The SMILES string of the molecule is CC[C@@H]1CN(C(=O)c2cc(C(C)(C)C)nn2C)C[C@@H]1N1CCOCC1. The Labute approximate surface area is 151 Å². The molecule has 0 aromatic carbocycles. The van der Waals surface area contributed by atoms with Gasteiger partial charge in [0.15, 0.2) is 0 Å². The molecule has 1 aromatic heterocycles. The molecule has 2 aliphatic rings. The molecule has 1 aromatic rings. The van der Waals surface area contributed by atoms with Gasteiger partial charge in [-0.1, -0.05) is 34.1 Å². The van der Waals surface area contributed by atoms with E-state index in [0.717, 1.165) is 51.5 Å². The van der Waals surface area contributed by atoms with Gasteiger partial charge in [-0.2, -0.15) is 5.10 Å². The van der Waals surface area contributed by atoms with Gasteiger partial charge in [0.25, 0.3) is 5.91 Å². The van der Waals surface area contributed by atoms with Crippen molar-refractivity contribution < 1.29 is 9.53 Å². The van der Waals surface area contributed by atoms with Crippen molar-refractivity contribution in [2.24, 2.45) is 13.0 Å². The highest BCUT2D eigenvalue weighted by Crippen LogP contribution is 2.28. The van der Waals surface area contributed by atoms with Crippen molar-refractivity contribution in [3.8, 4) is 0 Å². The Balaban J connectivity index is 1.75. The molecule has 0 aliphatic carbocycles. The predicted octanol–water partition coefficient (Wildman–Crippen LogP) is 1.90. The van der Waals surface area contributed by atoms with Gasteiger partial charge in [0.2, 0.25) is 0 Å². The predicted molar refractivity (Wildman–Crippen MR) is 97.8 cm³/mol. The largest absolute Gasteiger partial charge is 0.379 e. The summed E-state index contributed by atoms with van der Waals surface area (Å²) in [6.07, 6.45) is 1.10. The number of hydrogen-bond donors (Lipinski definition) is 0. The van der Waals surface area contributed by atoms with Crippen LogP contribution in [0.5, 0.6) is 0 Å². The van der Waals surface area contributed by atoms with Gasteiger partial charge in [-0.05, 0) is 12.0 Å². The van der Waals surface area contributed by atoms with Crippen LogP contribution in [-0.2, 0) is 17.2 Å². The van der Waals surface area contributed by atoms with Gasteiger partial charge in [-0.15, -0.1) is 0 Å². The highest BCUT2D eigenvalue weighted by Gasteiger charge is 2.39. The summed E-state index contributed by atoms with van der Waals surface area (Å²) < 4.78 is 7.23. The molecule has 140 valence electrons. The molecule has 3 rings (SSSR count). The molecule has 1 amide bonds. The molecule has 6 heteroatoms. The lowest BCUT2D eigenvalue weighted by Gasteiger charge is -2.34. The average molecular weight is 348 g/mol. The number of hydrogen-bond acceptors (Lipinski definition) is 4. The summed E-state index contributed by atoms with van der Waals surface area (Å²) in [7, 11) is 1.87. The molecule has 0 radical (unpaired) electrons. The van der Waals surface area contributed by atoms with E-state index < -0.39 is 0 Å². The third-order valence-electron chi connectivity index (χ3n) is 5.60. The number of nitrogens with zero attached hydrogens (tertiary/aromatic N) is 4. The third-order valence-corrected chi connectivity index (χ3v) is 5.60. The molecule has 0 N–H and O–H groups in total. The van der Waals surface area contributed by atoms with Crippen LogP contribution in [0.25, 0.3) is 0 Å². The number of morpholine rings is 1. The van der Waals surface area contributed by atoms with Crippen molar-refractivity contribution in [3.05, 3.63) is 17.5 Å². The normalized spacial score (nSPS) is 25.6. The second-order valence-electron chi connectivity index (χ2n) is 8.38. The van der Waals surface area contributed by atoms with E-state index in [2.05, 4.69) is 37.7 Å². The highest BCUT2D eigenvalue weighted by atomic mass is 16.5. The Morgan fingerprint density at radius 2 is 1.96 bits per heavy atom.